The van der Waals surface area contributed by atoms with Crippen LogP contribution < -0.4 is 5.73 Å². The molecule has 0 aliphatic heterocycles. The Morgan fingerprint density at radius 2 is 1.89 bits per heavy atom. The Balaban J connectivity index is 0. The third-order valence-corrected chi connectivity index (χ3v) is 1.41. The molecule has 4 nitrogen and oxygen atoms in total. The van der Waals surface area contributed by atoms with Gasteiger partial charge in [0, 0.05) is 0 Å². The fourth-order valence-electron chi connectivity index (χ4n) is 0.266. The molecule has 6 heteroatoms. The fourth-order valence-corrected chi connectivity index (χ4v) is 0.797. The predicted molar refractivity (Wildman–Crippen MR) is 37.2 cm³/mol. The molecule has 0 aliphatic carbocycles. The summed E-state index contributed by atoms with van der Waals surface area (Å²) in [5.74, 6) is -0.233. The third kappa shape index (κ3) is 12.1. The van der Waals surface area contributed by atoms with Crippen LogP contribution in [-0.2, 0) is 10.1 Å². The van der Waals surface area contributed by atoms with Gasteiger partial charge < -0.3 is 5.73 Å². The van der Waals surface area contributed by atoms with E-state index in [0.717, 1.165) is 0 Å². The quantitative estimate of drug-likeness (QED) is 0.395. The molecule has 52 valence electrons. The van der Waals surface area contributed by atoms with Crippen LogP contribution in [0.2, 0.25) is 0 Å². The first-order valence-corrected chi connectivity index (χ1v) is 3.82. The monoisotopic (exact) mass is 163 g/mol. The van der Waals surface area contributed by atoms with Crippen molar-refractivity contribution < 1.29 is 13.0 Å². The minimum absolute atomic E-state index is 0. The molecule has 0 amide bonds. The van der Waals surface area contributed by atoms with Crippen molar-refractivity contribution in [3.63, 3.8) is 0 Å². The minimum atomic E-state index is -3.77. The molecule has 0 atom stereocenters. The van der Waals surface area contributed by atoms with E-state index in [1.54, 1.807) is 0 Å². The molecule has 9 heavy (non-hydrogen) atoms. The zero-order valence-electron chi connectivity index (χ0n) is 4.37. The van der Waals surface area contributed by atoms with E-state index in [0.29, 0.717) is 13.0 Å². The van der Waals surface area contributed by atoms with Gasteiger partial charge in [-0.25, -0.2) is 0 Å². The summed E-state index contributed by atoms with van der Waals surface area (Å²) in [4.78, 5) is 0. The summed E-state index contributed by atoms with van der Waals surface area (Å²) >= 11 is 0. The Labute approximate surface area is 76.9 Å². The summed E-state index contributed by atoms with van der Waals surface area (Å²) < 4.78 is 27.8. The molecule has 0 aliphatic rings. The zero-order valence-corrected chi connectivity index (χ0v) is 5.19. The van der Waals surface area contributed by atoms with Crippen LogP contribution >= 0.6 is 0 Å². The van der Waals surface area contributed by atoms with E-state index in [-0.39, 0.29) is 35.3 Å². The van der Waals surface area contributed by atoms with Gasteiger partial charge in [0.05, 0.1) is 5.75 Å². The second-order valence-electron chi connectivity index (χ2n) is 1.43. The average Bonchev–Trinajstić information content (AvgIpc) is 1.59. The van der Waals surface area contributed by atoms with Gasteiger partial charge in [-0.05, 0) is 13.0 Å². The van der Waals surface area contributed by atoms with Gasteiger partial charge in [-0.15, -0.1) is 0 Å². The Bertz CT molecular complexity index is 143. The molecular formula is C3H10NNaO3S. The molecule has 0 radical (unpaired) electrons. The third-order valence-electron chi connectivity index (χ3n) is 0.606. The molecule has 0 saturated carbocycles. The van der Waals surface area contributed by atoms with Crippen molar-refractivity contribution in [1.29, 1.82) is 0 Å². The zero-order chi connectivity index (χ0) is 6.62. The first kappa shape index (κ1) is 12.5. The fraction of sp³-hybridized carbons (Fsp3) is 1.00. The summed E-state index contributed by atoms with van der Waals surface area (Å²) in [6.07, 6.45) is 0.318. The van der Waals surface area contributed by atoms with Gasteiger partial charge in [0.2, 0.25) is 0 Å². The maximum absolute atomic E-state index is 9.89. The summed E-state index contributed by atoms with van der Waals surface area (Å²) in [6.45, 7) is 0.291. The molecule has 0 rings (SSSR count). The van der Waals surface area contributed by atoms with Gasteiger partial charge >= 0.3 is 29.6 Å². The number of hydrogen-bond donors (Lipinski definition) is 2. The van der Waals surface area contributed by atoms with E-state index in [1.807, 2.05) is 0 Å². The molecular weight excluding hydrogens is 153 g/mol. The first-order chi connectivity index (χ1) is 3.56. The van der Waals surface area contributed by atoms with E-state index in [4.69, 9.17) is 10.3 Å². The van der Waals surface area contributed by atoms with Crippen molar-refractivity contribution >= 4 is 39.7 Å². The van der Waals surface area contributed by atoms with E-state index in [9.17, 15) is 8.42 Å². The summed E-state index contributed by atoms with van der Waals surface area (Å²) in [6, 6.07) is 0. The number of nitrogens with two attached hydrogens (primary N) is 1. The van der Waals surface area contributed by atoms with Gasteiger partial charge in [-0.1, -0.05) is 0 Å². The molecule has 0 aromatic heterocycles. The second kappa shape index (κ2) is 5.64. The standard InChI is InChI=1S/C3H9NO3S.Na.H/c4-2-1-3-8(5,6)7;;/h1-4H2,(H,5,6,7);;. The normalized spacial score (nSPS) is 10.4. The van der Waals surface area contributed by atoms with Gasteiger partial charge in [-0.3, -0.25) is 4.55 Å². The molecule has 0 saturated heterocycles. The average molecular weight is 163 g/mol. The predicted octanol–water partition coefficient (Wildman–Crippen LogP) is -1.43. The van der Waals surface area contributed by atoms with E-state index in [1.165, 1.54) is 0 Å². The number of hydrogen-bond acceptors (Lipinski definition) is 3. The summed E-state index contributed by atoms with van der Waals surface area (Å²) in [7, 11) is -3.77. The van der Waals surface area contributed by atoms with Crippen molar-refractivity contribution in [2.24, 2.45) is 5.73 Å². The van der Waals surface area contributed by atoms with E-state index in [2.05, 4.69) is 0 Å². The molecule has 0 aromatic carbocycles. The van der Waals surface area contributed by atoms with Crippen molar-refractivity contribution in [3.8, 4) is 0 Å². The van der Waals surface area contributed by atoms with Crippen molar-refractivity contribution in [1.82, 2.24) is 0 Å². The molecule has 0 heterocycles. The van der Waals surface area contributed by atoms with Gasteiger partial charge in [0.15, 0.2) is 0 Å². The Morgan fingerprint density at radius 1 is 1.44 bits per heavy atom. The van der Waals surface area contributed by atoms with Crippen LogP contribution in [0.5, 0.6) is 0 Å². The first-order valence-electron chi connectivity index (χ1n) is 2.21. The van der Waals surface area contributed by atoms with Crippen LogP contribution in [0.3, 0.4) is 0 Å². The topological polar surface area (TPSA) is 80.4 Å². The van der Waals surface area contributed by atoms with Crippen LogP contribution in [0.1, 0.15) is 6.42 Å². The van der Waals surface area contributed by atoms with Crippen LogP contribution in [0.4, 0.5) is 0 Å². The molecule has 3 N–H and O–H groups in total. The Morgan fingerprint density at radius 3 is 2.00 bits per heavy atom. The molecule has 0 bridgehead atoms. The van der Waals surface area contributed by atoms with Crippen molar-refractivity contribution in [3.05, 3.63) is 0 Å². The molecule has 0 spiro atoms. The van der Waals surface area contributed by atoms with Gasteiger partial charge in [0.25, 0.3) is 10.1 Å². The number of rotatable bonds is 3. The Kier molecular flexibility index (Phi) is 7.86. The SMILES string of the molecule is NCCCS(=O)(=O)O.[NaH]. The molecule has 0 unspecified atom stereocenters. The van der Waals surface area contributed by atoms with Crippen molar-refractivity contribution in [2.45, 2.75) is 6.42 Å². The molecule has 0 aromatic rings. The van der Waals surface area contributed by atoms with Crippen LogP contribution in [0.25, 0.3) is 0 Å². The van der Waals surface area contributed by atoms with Crippen molar-refractivity contribution in [2.75, 3.05) is 12.3 Å². The summed E-state index contributed by atoms with van der Waals surface area (Å²) in [5, 5.41) is 0. The van der Waals surface area contributed by atoms with Crippen LogP contribution in [0, 0.1) is 0 Å². The maximum atomic E-state index is 9.89. The Hall–Kier alpha value is 0.870. The van der Waals surface area contributed by atoms with Crippen LogP contribution in [-0.4, -0.2) is 54.8 Å². The summed E-state index contributed by atoms with van der Waals surface area (Å²) in [5.41, 5.74) is 4.96. The van der Waals surface area contributed by atoms with E-state index >= 15 is 0 Å². The van der Waals surface area contributed by atoms with E-state index < -0.39 is 10.1 Å². The van der Waals surface area contributed by atoms with Crippen LogP contribution in [0.15, 0.2) is 0 Å². The van der Waals surface area contributed by atoms with Gasteiger partial charge in [0.1, 0.15) is 0 Å². The second-order valence-corrected chi connectivity index (χ2v) is 3.00. The van der Waals surface area contributed by atoms with Gasteiger partial charge in [-0.2, -0.15) is 8.42 Å². The molecule has 0 fully saturated rings.